The topological polar surface area (TPSA) is 28.7 Å². The zero-order valence-corrected chi connectivity index (χ0v) is 10.6. The van der Waals surface area contributed by atoms with Gasteiger partial charge in [0.1, 0.15) is 0 Å². The first-order chi connectivity index (χ1) is 8.30. The smallest absolute Gasteiger partial charge is 0.282 e. The van der Waals surface area contributed by atoms with E-state index in [1.165, 1.54) is 25.1 Å². The number of H-pyrrole nitrogens is 1. The molecule has 2 nitrogen and oxygen atoms in total. The van der Waals surface area contributed by atoms with E-state index in [4.69, 9.17) is 23.2 Å². The Morgan fingerprint density at radius 1 is 1.22 bits per heavy atom. The van der Waals surface area contributed by atoms with Gasteiger partial charge in [0.15, 0.2) is 5.69 Å². The first kappa shape index (κ1) is 13.2. The molecule has 1 N–H and O–H groups in total. The Hall–Kier alpha value is -1.20. The molecule has 1 aromatic heterocycles. The summed E-state index contributed by atoms with van der Waals surface area (Å²) in [5, 5.41) is 6.10. The number of hydrogen-bond donors (Lipinski definition) is 1. The number of hydrogen-bond acceptors (Lipinski definition) is 1. The number of aryl methyl sites for hydroxylation is 1. The number of halogens is 5. The molecule has 0 radical (unpaired) electrons. The molecule has 96 valence electrons. The first-order valence-corrected chi connectivity index (χ1v) is 5.64. The van der Waals surface area contributed by atoms with Crippen LogP contribution in [0.15, 0.2) is 18.2 Å². The number of nitrogens with zero attached hydrogens (tertiary/aromatic N) is 1. The van der Waals surface area contributed by atoms with E-state index in [0.29, 0.717) is 5.02 Å². The molecule has 1 aromatic carbocycles. The van der Waals surface area contributed by atoms with Gasteiger partial charge in [-0.15, -0.1) is 0 Å². The van der Waals surface area contributed by atoms with Gasteiger partial charge in [-0.25, -0.2) is 0 Å². The molecule has 0 saturated heterocycles. The van der Waals surface area contributed by atoms with Gasteiger partial charge in [-0.1, -0.05) is 23.2 Å². The maximum atomic E-state index is 12.8. The molecule has 1 heterocycles. The summed E-state index contributed by atoms with van der Waals surface area (Å²) in [4.78, 5) is 0. The van der Waals surface area contributed by atoms with E-state index in [2.05, 4.69) is 10.2 Å². The van der Waals surface area contributed by atoms with E-state index in [9.17, 15) is 13.2 Å². The molecule has 18 heavy (non-hydrogen) atoms. The summed E-state index contributed by atoms with van der Waals surface area (Å²) in [5.74, 6) is 0. The van der Waals surface area contributed by atoms with Crippen LogP contribution in [0.5, 0.6) is 0 Å². The maximum Gasteiger partial charge on any atom is 0.435 e. The zero-order chi connectivity index (χ0) is 13.5. The second-order valence-corrected chi connectivity index (χ2v) is 4.54. The van der Waals surface area contributed by atoms with E-state index in [1.54, 1.807) is 0 Å². The minimum Gasteiger partial charge on any atom is -0.282 e. The molecule has 2 aromatic rings. The standard InChI is InChI=1S/C11H7Cl2F3N2/c1-5-9(10(18-17-5)11(14,15)16)7-4-6(12)2-3-8(7)13/h2-4H,1H3,(H,17,18). The summed E-state index contributed by atoms with van der Waals surface area (Å²) in [6.07, 6.45) is -4.55. The molecule has 0 bridgehead atoms. The largest absolute Gasteiger partial charge is 0.435 e. The summed E-state index contributed by atoms with van der Waals surface area (Å²) in [5.41, 5.74) is -0.576. The van der Waals surface area contributed by atoms with Gasteiger partial charge in [0.05, 0.1) is 0 Å². The monoisotopic (exact) mass is 294 g/mol. The van der Waals surface area contributed by atoms with Crippen LogP contribution >= 0.6 is 23.2 Å². The highest BCUT2D eigenvalue weighted by atomic mass is 35.5. The molecular weight excluding hydrogens is 288 g/mol. The van der Waals surface area contributed by atoms with Gasteiger partial charge in [0, 0.05) is 26.9 Å². The minimum absolute atomic E-state index is 0.0741. The molecule has 0 spiro atoms. The van der Waals surface area contributed by atoms with Crippen LogP contribution in [0.2, 0.25) is 10.0 Å². The van der Waals surface area contributed by atoms with Crippen LogP contribution in [0.1, 0.15) is 11.4 Å². The van der Waals surface area contributed by atoms with Gasteiger partial charge < -0.3 is 0 Å². The quantitative estimate of drug-likeness (QED) is 0.811. The second kappa shape index (κ2) is 4.48. The lowest BCUT2D eigenvalue weighted by atomic mass is 10.0. The summed E-state index contributed by atoms with van der Waals surface area (Å²) in [7, 11) is 0. The van der Waals surface area contributed by atoms with Gasteiger partial charge in [-0.2, -0.15) is 18.3 Å². The van der Waals surface area contributed by atoms with Crippen molar-refractivity contribution in [1.29, 1.82) is 0 Å². The molecule has 7 heteroatoms. The zero-order valence-electron chi connectivity index (χ0n) is 9.07. The first-order valence-electron chi connectivity index (χ1n) is 4.88. The van der Waals surface area contributed by atoms with Crippen LogP contribution in [-0.2, 0) is 6.18 Å². The van der Waals surface area contributed by atoms with Gasteiger partial charge in [0.25, 0.3) is 0 Å². The van der Waals surface area contributed by atoms with Crippen molar-refractivity contribution < 1.29 is 13.2 Å². The van der Waals surface area contributed by atoms with Crippen molar-refractivity contribution in [3.63, 3.8) is 0 Å². The van der Waals surface area contributed by atoms with Crippen LogP contribution in [0.3, 0.4) is 0 Å². The summed E-state index contributed by atoms with van der Waals surface area (Å²) in [6.45, 7) is 1.49. The highest BCUT2D eigenvalue weighted by molar-refractivity contribution is 6.35. The molecule has 0 atom stereocenters. The van der Waals surface area contributed by atoms with Crippen molar-refractivity contribution >= 4 is 23.2 Å². The van der Waals surface area contributed by atoms with Crippen LogP contribution in [-0.4, -0.2) is 10.2 Å². The van der Waals surface area contributed by atoms with Gasteiger partial charge in [-0.05, 0) is 25.1 Å². The van der Waals surface area contributed by atoms with Gasteiger partial charge in [0.2, 0.25) is 0 Å². The van der Waals surface area contributed by atoms with Crippen LogP contribution < -0.4 is 0 Å². The molecule has 0 aliphatic rings. The Kier molecular flexibility index (Phi) is 3.29. The molecule has 0 unspecified atom stereocenters. The third kappa shape index (κ3) is 2.33. The van der Waals surface area contributed by atoms with Crippen LogP contribution in [0.4, 0.5) is 13.2 Å². The van der Waals surface area contributed by atoms with Gasteiger partial charge >= 0.3 is 6.18 Å². The van der Waals surface area contributed by atoms with Crippen molar-refractivity contribution in [2.75, 3.05) is 0 Å². The fourth-order valence-corrected chi connectivity index (χ4v) is 2.04. The van der Waals surface area contributed by atoms with Crippen molar-refractivity contribution in [2.24, 2.45) is 0 Å². The Bertz CT molecular complexity index is 590. The van der Waals surface area contributed by atoms with E-state index in [1.807, 2.05) is 0 Å². The van der Waals surface area contributed by atoms with Crippen LogP contribution in [0, 0.1) is 6.92 Å². The number of aromatic nitrogens is 2. The predicted molar refractivity (Wildman–Crippen MR) is 63.8 cm³/mol. The Balaban J connectivity index is 2.71. The summed E-state index contributed by atoms with van der Waals surface area (Å²) in [6, 6.07) is 4.35. The molecule has 0 aliphatic carbocycles. The fraction of sp³-hybridized carbons (Fsp3) is 0.182. The lowest BCUT2D eigenvalue weighted by Crippen LogP contribution is -2.07. The number of rotatable bonds is 1. The number of alkyl halides is 3. The highest BCUT2D eigenvalue weighted by Crippen LogP contribution is 2.40. The predicted octanol–water partition coefficient (Wildman–Crippen LogP) is 4.71. The minimum atomic E-state index is -4.55. The average Bonchev–Trinajstić information content (AvgIpc) is 2.63. The Morgan fingerprint density at radius 3 is 2.50 bits per heavy atom. The van der Waals surface area contributed by atoms with E-state index < -0.39 is 11.9 Å². The average molecular weight is 295 g/mol. The van der Waals surface area contributed by atoms with Crippen molar-refractivity contribution in [2.45, 2.75) is 13.1 Å². The van der Waals surface area contributed by atoms with Gasteiger partial charge in [-0.3, -0.25) is 5.10 Å². The van der Waals surface area contributed by atoms with E-state index in [0.717, 1.165) is 0 Å². The van der Waals surface area contributed by atoms with Crippen molar-refractivity contribution in [3.8, 4) is 11.1 Å². The molecule has 0 amide bonds. The lowest BCUT2D eigenvalue weighted by Gasteiger charge is -2.09. The number of nitrogens with one attached hydrogen (secondary N) is 1. The van der Waals surface area contributed by atoms with E-state index in [-0.39, 0.29) is 21.8 Å². The highest BCUT2D eigenvalue weighted by Gasteiger charge is 2.38. The summed E-state index contributed by atoms with van der Waals surface area (Å²) < 4.78 is 38.5. The normalized spacial score (nSPS) is 11.9. The third-order valence-electron chi connectivity index (χ3n) is 2.41. The molecule has 0 aliphatic heterocycles. The molecule has 2 rings (SSSR count). The third-order valence-corrected chi connectivity index (χ3v) is 2.98. The van der Waals surface area contributed by atoms with Crippen molar-refractivity contribution in [1.82, 2.24) is 10.2 Å². The number of aromatic amines is 1. The summed E-state index contributed by atoms with van der Waals surface area (Å²) >= 11 is 11.7. The maximum absolute atomic E-state index is 12.8. The van der Waals surface area contributed by atoms with Crippen molar-refractivity contribution in [3.05, 3.63) is 39.6 Å². The molecular formula is C11H7Cl2F3N2. The fourth-order valence-electron chi connectivity index (χ4n) is 1.65. The second-order valence-electron chi connectivity index (χ2n) is 3.69. The lowest BCUT2D eigenvalue weighted by molar-refractivity contribution is -0.140. The van der Waals surface area contributed by atoms with E-state index >= 15 is 0 Å². The Labute approximate surface area is 111 Å². The SMILES string of the molecule is Cc1[nH]nc(C(F)(F)F)c1-c1cc(Cl)ccc1Cl. The van der Waals surface area contributed by atoms with Crippen LogP contribution in [0.25, 0.3) is 11.1 Å². The number of benzene rings is 1. The Morgan fingerprint density at radius 2 is 1.89 bits per heavy atom. The molecule has 0 saturated carbocycles. The molecule has 0 fully saturated rings.